The molecule has 2 aromatic carbocycles. The molecule has 2 amide bonds. The van der Waals surface area contributed by atoms with Crippen LogP contribution in [0, 0.1) is 11.3 Å². The molecule has 0 bridgehead atoms. The van der Waals surface area contributed by atoms with Crippen LogP contribution in [-0.2, 0) is 23.1 Å². The van der Waals surface area contributed by atoms with E-state index >= 15 is 0 Å². The van der Waals surface area contributed by atoms with Crippen molar-refractivity contribution in [1.82, 2.24) is 14.5 Å². The molecule has 0 unspecified atom stereocenters. The summed E-state index contributed by atoms with van der Waals surface area (Å²) in [5.74, 6) is -0.404. The fraction of sp³-hybridized carbons (Fsp3) is 0.407. The van der Waals surface area contributed by atoms with E-state index in [1.807, 2.05) is 0 Å². The predicted molar refractivity (Wildman–Crippen MR) is 136 cm³/mol. The molecule has 0 aliphatic carbocycles. The van der Waals surface area contributed by atoms with E-state index in [0.29, 0.717) is 22.2 Å². The van der Waals surface area contributed by atoms with E-state index < -0.39 is 35.5 Å². The summed E-state index contributed by atoms with van der Waals surface area (Å²) in [6.07, 6.45) is -5.30. The predicted octanol–water partition coefficient (Wildman–Crippen LogP) is 6.68. The Bertz CT molecular complexity index is 1400. The number of carbonyl (C=O) groups excluding carboxylic acids is 2. The van der Waals surface area contributed by atoms with Crippen LogP contribution in [0.2, 0.25) is 0 Å². The van der Waals surface area contributed by atoms with Crippen LogP contribution in [0.15, 0.2) is 36.7 Å². The maximum atomic E-state index is 13.1. The number of benzene rings is 2. The third-order valence-electron chi connectivity index (χ3n) is 5.14. The van der Waals surface area contributed by atoms with Crippen molar-refractivity contribution in [1.29, 1.82) is 5.26 Å². The first-order valence-electron chi connectivity index (χ1n) is 11.9. The normalized spacial score (nSPS) is 12.1. The highest BCUT2D eigenvalue weighted by molar-refractivity contribution is 5.97. The number of imidazole rings is 1. The van der Waals surface area contributed by atoms with Crippen molar-refractivity contribution < 1.29 is 37.0 Å². The van der Waals surface area contributed by atoms with Crippen molar-refractivity contribution in [3.63, 3.8) is 0 Å². The first-order chi connectivity index (χ1) is 17.9. The van der Waals surface area contributed by atoms with Gasteiger partial charge in [-0.25, -0.2) is 19.5 Å². The number of halogens is 3. The van der Waals surface area contributed by atoms with Crippen molar-refractivity contribution in [2.45, 2.75) is 65.7 Å². The highest BCUT2D eigenvalue weighted by Gasteiger charge is 2.33. The van der Waals surface area contributed by atoms with Crippen LogP contribution < -0.4 is 4.74 Å². The molecular formula is C27H29F3N4O5. The quantitative estimate of drug-likeness (QED) is 0.359. The lowest BCUT2D eigenvalue weighted by molar-refractivity contribution is -0.274. The monoisotopic (exact) mass is 546 g/mol. The molecule has 0 N–H and O–H groups in total. The number of aryl methyl sites for hydroxylation is 1. The van der Waals surface area contributed by atoms with Gasteiger partial charge < -0.3 is 18.8 Å². The number of fused-ring (bicyclic) bond motifs is 1. The van der Waals surface area contributed by atoms with Crippen LogP contribution >= 0.6 is 0 Å². The van der Waals surface area contributed by atoms with E-state index in [4.69, 9.17) is 9.47 Å². The molecule has 3 rings (SSSR count). The number of imide groups is 1. The number of nitrogens with zero attached hydrogens (tertiary/aromatic N) is 4. The summed E-state index contributed by atoms with van der Waals surface area (Å²) >= 11 is 0. The second kappa shape index (κ2) is 10.5. The fourth-order valence-corrected chi connectivity index (χ4v) is 3.70. The van der Waals surface area contributed by atoms with Gasteiger partial charge in [0.2, 0.25) is 0 Å². The Morgan fingerprint density at radius 3 is 2.00 bits per heavy atom. The van der Waals surface area contributed by atoms with Crippen LogP contribution in [0.5, 0.6) is 5.75 Å². The Labute approximate surface area is 223 Å². The zero-order valence-corrected chi connectivity index (χ0v) is 22.6. The minimum Gasteiger partial charge on any atom is -0.443 e. The molecule has 1 heterocycles. The average molecular weight is 547 g/mol. The summed E-state index contributed by atoms with van der Waals surface area (Å²) in [5.41, 5.74) is 0.335. The van der Waals surface area contributed by atoms with E-state index in [-0.39, 0.29) is 17.7 Å². The van der Waals surface area contributed by atoms with Gasteiger partial charge in [-0.2, -0.15) is 5.26 Å². The van der Waals surface area contributed by atoms with Gasteiger partial charge in [-0.05, 0) is 70.9 Å². The molecule has 0 aliphatic rings. The molecule has 12 heteroatoms. The third kappa shape index (κ3) is 7.40. The number of nitriles is 1. The van der Waals surface area contributed by atoms with E-state index in [2.05, 4.69) is 15.8 Å². The summed E-state index contributed by atoms with van der Waals surface area (Å²) in [5, 5.41) is 10.1. The second-order valence-electron chi connectivity index (χ2n) is 10.7. The van der Waals surface area contributed by atoms with Gasteiger partial charge in [-0.3, -0.25) is 0 Å². The molecule has 1 aromatic heterocycles. The number of amides is 2. The number of hydrogen-bond donors (Lipinski definition) is 0. The summed E-state index contributed by atoms with van der Waals surface area (Å²) in [6, 6.07) is 8.83. The standard InChI is InChI=1S/C27H29F3N4O5/c1-25(2,3)38-23(35)34(24(36)39-26(4,5)6)14-17-12-19(21-22(20(17)13-31)33(7)15-32-21)16-8-10-18(11-9-16)37-27(28,29)30/h8-12,15H,14H2,1-7H3. The molecular weight excluding hydrogens is 517 g/mol. The Morgan fingerprint density at radius 2 is 1.54 bits per heavy atom. The second-order valence-corrected chi connectivity index (χ2v) is 10.7. The molecule has 0 fully saturated rings. The number of hydrogen-bond acceptors (Lipinski definition) is 7. The van der Waals surface area contributed by atoms with Gasteiger partial charge in [0.25, 0.3) is 0 Å². The first kappa shape index (κ1) is 29.3. The van der Waals surface area contributed by atoms with E-state index in [0.717, 1.165) is 17.0 Å². The van der Waals surface area contributed by atoms with Gasteiger partial charge in [-0.15, -0.1) is 13.2 Å². The van der Waals surface area contributed by atoms with Crippen LogP contribution in [0.25, 0.3) is 22.2 Å². The minimum atomic E-state index is -4.84. The molecule has 39 heavy (non-hydrogen) atoms. The average Bonchev–Trinajstić information content (AvgIpc) is 3.15. The van der Waals surface area contributed by atoms with Crippen molar-refractivity contribution >= 4 is 23.2 Å². The number of rotatable bonds is 4. The highest BCUT2D eigenvalue weighted by atomic mass is 19.4. The van der Waals surface area contributed by atoms with Gasteiger partial charge >= 0.3 is 18.5 Å². The van der Waals surface area contributed by atoms with Crippen molar-refractivity contribution in [3.05, 3.63) is 47.8 Å². The highest BCUT2D eigenvalue weighted by Crippen LogP contribution is 2.35. The summed E-state index contributed by atoms with van der Waals surface area (Å²) in [6.45, 7) is 9.48. The molecule has 3 aromatic rings. The Morgan fingerprint density at radius 1 is 1.00 bits per heavy atom. The zero-order chi connectivity index (χ0) is 29.3. The molecule has 0 saturated carbocycles. The Hall–Kier alpha value is -4.27. The van der Waals surface area contributed by atoms with Crippen LogP contribution in [-0.4, -0.2) is 44.2 Å². The van der Waals surface area contributed by atoms with E-state index in [9.17, 15) is 28.0 Å². The fourth-order valence-electron chi connectivity index (χ4n) is 3.70. The van der Waals surface area contributed by atoms with Gasteiger partial charge in [0.15, 0.2) is 0 Å². The van der Waals surface area contributed by atoms with E-state index in [1.165, 1.54) is 18.5 Å². The van der Waals surface area contributed by atoms with Crippen LogP contribution in [0.4, 0.5) is 22.8 Å². The molecule has 208 valence electrons. The minimum absolute atomic E-state index is 0.155. The lowest BCUT2D eigenvalue weighted by Gasteiger charge is -2.29. The topological polar surface area (TPSA) is 107 Å². The Balaban J connectivity index is 2.15. The first-order valence-corrected chi connectivity index (χ1v) is 11.9. The molecule has 0 spiro atoms. The largest absolute Gasteiger partial charge is 0.573 e. The van der Waals surface area contributed by atoms with Gasteiger partial charge in [-0.1, -0.05) is 12.1 Å². The summed E-state index contributed by atoms with van der Waals surface area (Å²) < 4.78 is 54.3. The molecule has 9 nitrogen and oxygen atoms in total. The summed E-state index contributed by atoms with van der Waals surface area (Å²) in [4.78, 5) is 31.3. The lowest BCUT2D eigenvalue weighted by Crippen LogP contribution is -2.43. The van der Waals surface area contributed by atoms with Crippen LogP contribution in [0.3, 0.4) is 0 Å². The van der Waals surface area contributed by atoms with Crippen molar-refractivity contribution in [2.24, 2.45) is 7.05 Å². The zero-order valence-electron chi connectivity index (χ0n) is 22.6. The number of ether oxygens (including phenoxy) is 3. The molecule has 0 aliphatic heterocycles. The smallest absolute Gasteiger partial charge is 0.443 e. The molecule has 0 atom stereocenters. The lowest BCUT2D eigenvalue weighted by atomic mass is 9.96. The maximum Gasteiger partial charge on any atom is 0.573 e. The SMILES string of the molecule is Cn1cnc2c(-c3ccc(OC(F)(F)F)cc3)cc(CN(C(=O)OC(C)(C)C)C(=O)OC(C)(C)C)c(C#N)c21. The van der Waals surface area contributed by atoms with Crippen molar-refractivity contribution in [3.8, 4) is 22.9 Å². The molecule has 0 saturated heterocycles. The third-order valence-corrected chi connectivity index (χ3v) is 5.14. The van der Waals surface area contributed by atoms with Gasteiger partial charge in [0, 0.05) is 12.6 Å². The number of carbonyl (C=O) groups is 2. The van der Waals surface area contributed by atoms with Gasteiger partial charge in [0.05, 0.1) is 29.5 Å². The maximum absolute atomic E-state index is 13.1. The summed E-state index contributed by atoms with van der Waals surface area (Å²) in [7, 11) is 1.67. The number of alkyl halides is 3. The van der Waals surface area contributed by atoms with Gasteiger partial charge in [0.1, 0.15) is 23.0 Å². The van der Waals surface area contributed by atoms with E-state index in [1.54, 1.807) is 59.2 Å². The molecule has 0 radical (unpaired) electrons. The Kier molecular flexibility index (Phi) is 7.87. The number of aromatic nitrogens is 2. The van der Waals surface area contributed by atoms with Crippen LogP contribution in [0.1, 0.15) is 52.7 Å². The van der Waals surface area contributed by atoms with Crippen molar-refractivity contribution in [2.75, 3.05) is 0 Å².